The number of hydrogen-bond acceptors (Lipinski definition) is 13. The first-order valence-electron chi connectivity index (χ1n) is 12.5. The molecule has 0 aliphatic carbocycles. The van der Waals surface area contributed by atoms with E-state index in [-0.39, 0.29) is 83.9 Å². The van der Waals surface area contributed by atoms with Crippen molar-refractivity contribution in [1.82, 2.24) is 0 Å². The van der Waals surface area contributed by atoms with Crippen LogP contribution in [-0.4, -0.2) is 76.2 Å². The van der Waals surface area contributed by atoms with Gasteiger partial charge in [0, 0.05) is 27.4 Å². The number of esters is 3. The van der Waals surface area contributed by atoms with E-state index in [2.05, 4.69) is 50.5 Å². The van der Waals surface area contributed by atoms with E-state index in [9.17, 15) is 19.2 Å². The van der Waals surface area contributed by atoms with Gasteiger partial charge in [-0.1, -0.05) is 34.6 Å². The van der Waals surface area contributed by atoms with Gasteiger partial charge in [-0.3, -0.25) is 19.2 Å². The van der Waals surface area contributed by atoms with E-state index in [0.29, 0.717) is 6.42 Å². The summed E-state index contributed by atoms with van der Waals surface area (Å²) in [6.07, 6.45) is 0.764. The number of carbonyl (C=O) groups is 4. The number of ketones is 1. The third kappa shape index (κ3) is 17.1. The van der Waals surface area contributed by atoms with Crippen LogP contribution in [0.2, 0.25) is 0 Å². The van der Waals surface area contributed by atoms with Crippen LogP contribution in [0.15, 0.2) is 0 Å². The largest absolute Gasteiger partial charge is 0.485 e. The predicted octanol–water partition coefficient (Wildman–Crippen LogP) is 4.38. The molecule has 0 aromatic carbocycles. The molecule has 0 N–H and O–H groups in total. The molecule has 0 saturated carbocycles. The molecule has 0 radical (unpaired) electrons. The maximum absolute atomic E-state index is 12.7. The molecule has 38 heavy (non-hydrogen) atoms. The highest BCUT2D eigenvalue weighted by Crippen LogP contribution is 2.25. The van der Waals surface area contributed by atoms with Gasteiger partial charge in [-0.05, 0) is 18.6 Å². The Hall–Kier alpha value is -0.630. The summed E-state index contributed by atoms with van der Waals surface area (Å²) in [5, 5.41) is -0.812. The Kier molecular flexibility index (Phi) is 19.1. The van der Waals surface area contributed by atoms with Crippen molar-refractivity contribution in [2.75, 3.05) is 26.4 Å². The molecule has 0 aromatic rings. The summed E-state index contributed by atoms with van der Waals surface area (Å²) in [4.78, 5) is 49.6. The lowest BCUT2D eigenvalue weighted by Crippen LogP contribution is -2.44. The van der Waals surface area contributed by atoms with Crippen LogP contribution in [-0.2, 0) is 38.1 Å². The summed E-state index contributed by atoms with van der Waals surface area (Å²) < 4.78 is 22.3. The molecule has 5 unspecified atom stereocenters. The first-order chi connectivity index (χ1) is 17.6. The topological polar surface area (TPSA) is 105 Å². The molecular formula is C25H42O8S5. The maximum Gasteiger partial charge on any atom is 0.306 e. The zero-order valence-electron chi connectivity index (χ0n) is 22.7. The van der Waals surface area contributed by atoms with Crippen molar-refractivity contribution in [2.45, 2.75) is 87.7 Å². The Morgan fingerprint density at radius 2 is 0.947 bits per heavy atom. The van der Waals surface area contributed by atoms with Crippen molar-refractivity contribution in [3.8, 4) is 0 Å². The molecule has 0 heterocycles. The van der Waals surface area contributed by atoms with Gasteiger partial charge < -0.3 is 18.9 Å². The highest BCUT2D eigenvalue weighted by molar-refractivity contribution is 7.81. The summed E-state index contributed by atoms with van der Waals surface area (Å²) in [5.41, 5.74) is -1.29. The van der Waals surface area contributed by atoms with Crippen molar-refractivity contribution < 1.29 is 38.1 Å². The Balaban J connectivity index is 5.93. The van der Waals surface area contributed by atoms with Gasteiger partial charge in [-0.2, -0.15) is 50.5 Å². The highest BCUT2D eigenvalue weighted by atomic mass is 32.1. The van der Waals surface area contributed by atoms with Crippen molar-refractivity contribution in [3.05, 3.63) is 0 Å². The van der Waals surface area contributed by atoms with Gasteiger partial charge in [0.15, 0.2) is 5.05 Å². The molecule has 0 aliphatic rings. The monoisotopic (exact) mass is 630 g/mol. The molecule has 0 spiro atoms. The Morgan fingerprint density at radius 1 is 0.632 bits per heavy atom. The van der Waals surface area contributed by atoms with E-state index in [1.807, 2.05) is 13.8 Å². The van der Waals surface area contributed by atoms with Crippen LogP contribution in [0.1, 0.15) is 66.7 Å². The molecule has 8 nitrogen and oxygen atoms in total. The summed E-state index contributed by atoms with van der Waals surface area (Å²) in [6.45, 7) is 7.75. The fourth-order valence-corrected chi connectivity index (χ4v) is 4.12. The molecule has 5 atom stereocenters. The number of hydrogen-bond donors (Lipinski definition) is 4. The molecule has 13 heteroatoms. The molecule has 0 saturated heterocycles. The van der Waals surface area contributed by atoms with E-state index in [0.717, 1.165) is 0 Å². The normalized spacial score (nSPS) is 16.7. The lowest BCUT2D eigenvalue weighted by molar-refractivity contribution is -0.164. The van der Waals surface area contributed by atoms with Gasteiger partial charge in [0.1, 0.15) is 37.6 Å². The van der Waals surface area contributed by atoms with Crippen LogP contribution in [0, 0.1) is 11.3 Å². The minimum Gasteiger partial charge on any atom is -0.485 e. The molecule has 0 rings (SSSR count). The molecule has 0 fully saturated rings. The standard InChI is InChI=1S/C25H42O8S5/c1-6-19(20(26)7-15(2)34)24(38)33-14-25(11-30-21(27)8-16(3)35,12-31-22(28)9-17(4)36)13-32-23(29)10-18(5)37/h15-19,34-37H,6-14H2,1-5H3. The molecule has 0 aliphatic heterocycles. The first-order valence-corrected chi connectivity index (χ1v) is 15.0. The third-order valence-corrected chi connectivity index (χ3v) is 6.24. The summed E-state index contributed by atoms with van der Waals surface area (Å²) in [5.74, 6) is -2.36. The van der Waals surface area contributed by atoms with Crippen molar-refractivity contribution in [1.29, 1.82) is 0 Å². The van der Waals surface area contributed by atoms with Crippen LogP contribution in [0.4, 0.5) is 0 Å². The Morgan fingerprint density at radius 3 is 1.24 bits per heavy atom. The van der Waals surface area contributed by atoms with E-state index in [1.54, 1.807) is 20.8 Å². The van der Waals surface area contributed by atoms with Crippen LogP contribution >= 0.6 is 62.7 Å². The molecular weight excluding hydrogens is 589 g/mol. The van der Waals surface area contributed by atoms with E-state index >= 15 is 0 Å². The van der Waals surface area contributed by atoms with Gasteiger partial charge in [0.05, 0.1) is 25.2 Å². The van der Waals surface area contributed by atoms with E-state index in [1.165, 1.54) is 0 Å². The van der Waals surface area contributed by atoms with Crippen LogP contribution in [0.25, 0.3) is 0 Å². The van der Waals surface area contributed by atoms with Crippen molar-refractivity contribution in [3.63, 3.8) is 0 Å². The average molecular weight is 631 g/mol. The summed E-state index contributed by atoms with van der Waals surface area (Å²) >= 11 is 22.4. The minimum atomic E-state index is -1.29. The number of rotatable bonds is 19. The SMILES string of the molecule is CCC(C(=O)CC(C)S)C(=S)OCC(COC(=O)CC(C)S)(COC(=O)CC(C)S)COC(=O)CC(C)S. The maximum atomic E-state index is 12.7. The third-order valence-electron chi connectivity index (χ3n) is 5.10. The smallest absolute Gasteiger partial charge is 0.306 e. The fraction of sp³-hybridized carbons (Fsp3) is 0.800. The van der Waals surface area contributed by atoms with Gasteiger partial charge in [0.2, 0.25) is 0 Å². The first kappa shape index (κ1) is 37.4. The second kappa shape index (κ2) is 19.4. The van der Waals surface area contributed by atoms with E-state index in [4.69, 9.17) is 31.2 Å². The number of carbonyl (C=O) groups excluding carboxylic acids is 4. The summed E-state index contributed by atoms with van der Waals surface area (Å²) in [7, 11) is 0. The Bertz CT molecular complexity index is 721. The van der Waals surface area contributed by atoms with Crippen molar-refractivity contribution >= 4 is 91.5 Å². The second-order valence-electron chi connectivity index (χ2n) is 9.73. The lowest BCUT2D eigenvalue weighted by atomic mass is 9.91. The van der Waals surface area contributed by atoms with Crippen molar-refractivity contribution in [2.24, 2.45) is 11.3 Å². The van der Waals surface area contributed by atoms with Gasteiger partial charge in [0.25, 0.3) is 0 Å². The fourth-order valence-electron chi connectivity index (χ4n) is 3.14. The average Bonchev–Trinajstić information content (AvgIpc) is 2.76. The van der Waals surface area contributed by atoms with Gasteiger partial charge in [-0.15, -0.1) is 0 Å². The number of thiol groups is 4. The second-order valence-corrected chi connectivity index (χ2v) is 13.7. The molecule has 0 aromatic heterocycles. The quantitative estimate of drug-likeness (QED) is 0.0717. The number of ether oxygens (including phenoxy) is 4. The van der Waals surface area contributed by atoms with Crippen LogP contribution in [0.5, 0.6) is 0 Å². The molecule has 0 bridgehead atoms. The predicted molar refractivity (Wildman–Crippen MR) is 165 cm³/mol. The number of Topliss-reactive ketones (excluding diaryl/α,β-unsaturated/α-hetero) is 1. The van der Waals surface area contributed by atoms with Gasteiger partial charge >= 0.3 is 17.9 Å². The zero-order chi connectivity index (χ0) is 29.5. The van der Waals surface area contributed by atoms with Crippen LogP contribution < -0.4 is 0 Å². The minimum absolute atomic E-state index is 0.0424. The summed E-state index contributed by atoms with van der Waals surface area (Å²) in [6, 6.07) is 0. The van der Waals surface area contributed by atoms with Gasteiger partial charge in [-0.25, -0.2) is 0 Å². The van der Waals surface area contributed by atoms with Crippen LogP contribution in [0.3, 0.4) is 0 Å². The molecule has 220 valence electrons. The van der Waals surface area contributed by atoms with E-state index < -0.39 is 29.2 Å². The zero-order valence-corrected chi connectivity index (χ0v) is 27.1. The number of thiocarbonyl (C=S) groups is 1. The molecule has 0 amide bonds. The Labute approximate surface area is 254 Å². The highest BCUT2D eigenvalue weighted by Gasteiger charge is 2.38. The lowest BCUT2D eigenvalue weighted by Gasteiger charge is -2.33.